The molecular weight excluding hydrogens is 413 g/mol. The van der Waals surface area contributed by atoms with Gasteiger partial charge in [-0.3, -0.25) is 14.5 Å². The molecule has 2 aromatic rings. The fourth-order valence-electron chi connectivity index (χ4n) is 3.16. The Hall–Kier alpha value is -1.69. The lowest BCUT2D eigenvalue weighted by atomic mass is 9.89. The Bertz CT molecular complexity index is 798. The molecule has 124 valence electrons. The van der Waals surface area contributed by atoms with Gasteiger partial charge in [-0.1, -0.05) is 25.1 Å². The van der Waals surface area contributed by atoms with Crippen LogP contribution in [0.2, 0.25) is 0 Å². The maximum atomic E-state index is 12.9. The average Bonchev–Trinajstić information content (AvgIpc) is 2.76. The van der Waals surface area contributed by atoms with Crippen LogP contribution in [0, 0.1) is 29.3 Å². The number of nitrogens with zero attached hydrogens (tertiary/aromatic N) is 1. The third-order valence-corrected chi connectivity index (χ3v) is 5.58. The molecule has 0 aromatic heterocycles. The number of halogens is 1. The Morgan fingerprint density at radius 3 is 2.25 bits per heavy atom. The Labute approximate surface area is 156 Å². The van der Waals surface area contributed by atoms with E-state index in [1.807, 2.05) is 31.2 Å². The molecule has 0 bridgehead atoms. The topological polar surface area (TPSA) is 37.4 Å². The van der Waals surface area contributed by atoms with E-state index in [1.54, 1.807) is 0 Å². The molecule has 3 nitrogen and oxygen atoms in total. The summed E-state index contributed by atoms with van der Waals surface area (Å²) in [7, 11) is 0. The molecule has 4 heteroatoms. The van der Waals surface area contributed by atoms with E-state index in [-0.39, 0.29) is 23.7 Å². The van der Waals surface area contributed by atoms with Gasteiger partial charge >= 0.3 is 0 Å². The van der Waals surface area contributed by atoms with Crippen molar-refractivity contribution in [3.05, 3.63) is 62.7 Å². The van der Waals surface area contributed by atoms with Crippen LogP contribution in [0.3, 0.4) is 0 Å². The molecule has 0 saturated carbocycles. The van der Waals surface area contributed by atoms with Crippen molar-refractivity contribution >= 4 is 40.1 Å². The molecule has 0 spiro atoms. The maximum Gasteiger partial charge on any atom is 0.238 e. The summed E-state index contributed by atoms with van der Waals surface area (Å²) in [6.45, 7) is 6.00. The first-order chi connectivity index (χ1) is 11.4. The van der Waals surface area contributed by atoms with Gasteiger partial charge in [0.2, 0.25) is 11.8 Å². The zero-order valence-electron chi connectivity index (χ0n) is 14.0. The molecule has 0 aliphatic carbocycles. The van der Waals surface area contributed by atoms with Crippen molar-refractivity contribution in [1.82, 2.24) is 0 Å². The van der Waals surface area contributed by atoms with Gasteiger partial charge in [0.15, 0.2) is 0 Å². The number of aryl methyl sites for hydroxylation is 2. The standard InChI is InChI=1S/C20H20INO2/c1-12-4-5-15(10-13(12)2)11-18-14(3)19(23)22(20(18)24)17-8-6-16(21)7-9-17/h4-10,14,18H,11H2,1-3H3. The van der Waals surface area contributed by atoms with Gasteiger partial charge in [-0.15, -0.1) is 0 Å². The second kappa shape index (κ2) is 6.67. The largest absolute Gasteiger partial charge is 0.274 e. The second-order valence-electron chi connectivity index (χ2n) is 6.51. The monoisotopic (exact) mass is 433 g/mol. The molecule has 2 amide bonds. The predicted octanol–water partition coefficient (Wildman–Crippen LogP) is 4.28. The molecule has 0 N–H and O–H groups in total. The third kappa shape index (κ3) is 3.11. The van der Waals surface area contributed by atoms with Crippen molar-refractivity contribution in [2.75, 3.05) is 4.90 Å². The average molecular weight is 433 g/mol. The third-order valence-electron chi connectivity index (χ3n) is 4.86. The molecular formula is C20H20INO2. The molecule has 1 fully saturated rings. The molecule has 1 aliphatic rings. The van der Waals surface area contributed by atoms with Gasteiger partial charge in [-0.25, -0.2) is 0 Å². The second-order valence-corrected chi connectivity index (χ2v) is 7.75. The highest BCUT2D eigenvalue weighted by Crippen LogP contribution is 2.33. The summed E-state index contributed by atoms with van der Waals surface area (Å²) in [5, 5.41) is 0. The van der Waals surface area contributed by atoms with Crippen molar-refractivity contribution in [3.8, 4) is 0 Å². The highest BCUT2D eigenvalue weighted by Gasteiger charge is 2.45. The number of carbonyl (C=O) groups excluding carboxylic acids is 2. The lowest BCUT2D eigenvalue weighted by Gasteiger charge is -2.15. The number of carbonyl (C=O) groups is 2. The van der Waals surface area contributed by atoms with Gasteiger partial charge in [0, 0.05) is 9.49 Å². The van der Waals surface area contributed by atoms with E-state index >= 15 is 0 Å². The number of hydrogen-bond acceptors (Lipinski definition) is 2. The first-order valence-electron chi connectivity index (χ1n) is 8.08. The fourth-order valence-corrected chi connectivity index (χ4v) is 3.52. The Morgan fingerprint density at radius 1 is 0.958 bits per heavy atom. The number of benzene rings is 2. The Morgan fingerprint density at radius 2 is 1.62 bits per heavy atom. The Balaban J connectivity index is 1.87. The molecule has 2 atom stereocenters. The Kier molecular flexibility index (Phi) is 4.76. The van der Waals surface area contributed by atoms with E-state index < -0.39 is 0 Å². The number of anilines is 1. The zero-order chi connectivity index (χ0) is 17.4. The van der Waals surface area contributed by atoms with Crippen LogP contribution < -0.4 is 4.90 Å². The summed E-state index contributed by atoms with van der Waals surface area (Å²) >= 11 is 2.21. The quantitative estimate of drug-likeness (QED) is 0.536. The van der Waals surface area contributed by atoms with E-state index in [0.717, 1.165) is 9.13 Å². The van der Waals surface area contributed by atoms with Crippen molar-refractivity contribution in [2.24, 2.45) is 11.8 Å². The lowest BCUT2D eigenvalue weighted by Crippen LogP contribution is -2.31. The lowest BCUT2D eigenvalue weighted by molar-refractivity contribution is -0.122. The number of rotatable bonds is 3. The van der Waals surface area contributed by atoms with E-state index in [0.29, 0.717) is 12.1 Å². The van der Waals surface area contributed by atoms with Gasteiger partial charge in [0.05, 0.1) is 11.6 Å². The summed E-state index contributed by atoms with van der Waals surface area (Å²) in [5.41, 5.74) is 4.23. The van der Waals surface area contributed by atoms with Crippen molar-refractivity contribution < 1.29 is 9.59 Å². The first-order valence-corrected chi connectivity index (χ1v) is 9.16. The smallest absolute Gasteiger partial charge is 0.238 e. The highest BCUT2D eigenvalue weighted by molar-refractivity contribution is 14.1. The summed E-state index contributed by atoms with van der Waals surface area (Å²) in [5.74, 6) is -0.778. The van der Waals surface area contributed by atoms with Crippen LogP contribution in [0.1, 0.15) is 23.6 Å². The molecule has 0 radical (unpaired) electrons. The highest BCUT2D eigenvalue weighted by atomic mass is 127. The van der Waals surface area contributed by atoms with E-state index in [1.165, 1.54) is 16.0 Å². The van der Waals surface area contributed by atoms with Gasteiger partial charge in [0.1, 0.15) is 0 Å². The first kappa shape index (κ1) is 17.1. The molecule has 1 heterocycles. The van der Waals surface area contributed by atoms with Crippen LogP contribution in [0.5, 0.6) is 0 Å². The van der Waals surface area contributed by atoms with Crippen molar-refractivity contribution in [2.45, 2.75) is 27.2 Å². The van der Waals surface area contributed by atoms with E-state index in [9.17, 15) is 9.59 Å². The summed E-state index contributed by atoms with van der Waals surface area (Å²) in [6.07, 6.45) is 0.605. The minimum atomic E-state index is -0.293. The molecule has 1 aliphatic heterocycles. The van der Waals surface area contributed by atoms with Crippen LogP contribution in [-0.2, 0) is 16.0 Å². The van der Waals surface area contributed by atoms with Crippen LogP contribution in [-0.4, -0.2) is 11.8 Å². The normalized spacial score (nSPS) is 20.8. The van der Waals surface area contributed by atoms with Gasteiger partial charge in [0.25, 0.3) is 0 Å². The molecule has 1 saturated heterocycles. The van der Waals surface area contributed by atoms with Crippen molar-refractivity contribution in [3.63, 3.8) is 0 Å². The van der Waals surface area contributed by atoms with Gasteiger partial charge in [-0.05, 0) is 83.8 Å². The van der Waals surface area contributed by atoms with Gasteiger partial charge in [-0.2, -0.15) is 0 Å². The summed E-state index contributed by atoms with van der Waals surface area (Å²) in [6, 6.07) is 13.8. The van der Waals surface area contributed by atoms with E-state index in [2.05, 4.69) is 54.6 Å². The van der Waals surface area contributed by atoms with Crippen LogP contribution in [0.25, 0.3) is 0 Å². The van der Waals surface area contributed by atoms with E-state index in [4.69, 9.17) is 0 Å². The SMILES string of the molecule is Cc1ccc(CC2C(=O)N(c3ccc(I)cc3)C(=O)C2C)cc1C. The van der Waals surface area contributed by atoms with Crippen LogP contribution in [0.15, 0.2) is 42.5 Å². The number of imide groups is 1. The number of hydrogen-bond donors (Lipinski definition) is 0. The molecule has 2 unspecified atom stereocenters. The van der Waals surface area contributed by atoms with Gasteiger partial charge < -0.3 is 0 Å². The predicted molar refractivity (Wildman–Crippen MR) is 104 cm³/mol. The minimum Gasteiger partial charge on any atom is -0.274 e. The van der Waals surface area contributed by atoms with Crippen LogP contribution in [0.4, 0.5) is 5.69 Å². The fraction of sp³-hybridized carbons (Fsp3) is 0.300. The number of amides is 2. The minimum absolute atomic E-state index is 0.0908. The summed E-state index contributed by atoms with van der Waals surface area (Å²) < 4.78 is 1.08. The molecule has 2 aromatic carbocycles. The van der Waals surface area contributed by atoms with Crippen molar-refractivity contribution in [1.29, 1.82) is 0 Å². The zero-order valence-corrected chi connectivity index (χ0v) is 16.2. The molecule has 3 rings (SSSR count). The van der Waals surface area contributed by atoms with Crippen LogP contribution >= 0.6 is 22.6 Å². The molecule has 24 heavy (non-hydrogen) atoms. The summed E-state index contributed by atoms with van der Waals surface area (Å²) in [4.78, 5) is 26.9. The maximum absolute atomic E-state index is 12.9.